The lowest BCUT2D eigenvalue weighted by Gasteiger charge is -2.01. The molecule has 0 spiro atoms. The van der Waals surface area contributed by atoms with Crippen molar-refractivity contribution in [3.05, 3.63) is 100 Å². The summed E-state index contributed by atoms with van der Waals surface area (Å²) in [5.74, 6) is -0.516. The fraction of sp³-hybridized carbons (Fsp3) is 0. The number of rotatable bonds is 5. The van der Waals surface area contributed by atoms with Crippen molar-refractivity contribution < 1.29 is 14.1 Å². The monoisotopic (exact) mass is 385 g/mol. The van der Waals surface area contributed by atoms with E-state index in [1.54, 1.807) is 0 Å². The Morgan fingerprint density at radius 3 is 2.41 bits per heavy atom. The van der Waals surface area contributed by atoms with Gasteiger partial charge in [-0.3, -0.25) is 14.9 Å². The first-order valence-electron chi connectivity index (χ1n) is 8.77. The minimum absolute atomic E-state index is 0.0251. The predicted octanol–water partition coefficient (Wildman–Crippen LogP) is 4.77. The third kappa shape index (κ3) is 4.03. The topological polar surface area (TPSA) is 97.7 Å². The quantitative estimate of drug-likeness (QED) is 0.304. The van der Waals surface area contributed by atoms with Gasteiger partial charge in [0.05, 0.1) is 11.1 Å². The maximum atomic E-state index is 12.2. The number of hydrogen-bond acceptors (Lipinski definition) is 5. The molecule has 1 N–H and O–H groups in total. The zero-order valence-corrected chi connectivity index (χ0v) is 15.1. The van der Waals surface area contributed by atoms with Gasteiger partial charge in [-0.25, -0.2) is 5.43 Å². The van der Waals surface area contributed by atoms with Crippen LogP contribution in [0.25, 0.3) is 22.1 Å². The van der Waals surface area contributed by atoms with Crippen molar-refractivity contribution in [2.45, 2.75) is 0 Å². The molecule has 0 aliphatic heterocycles. The van der Waals surface area contributed by atoms with Crippen LogP contribution in [0.2, 0.25) is 0 Å². The van der Waals surface area contributed by atoms with E-state index in [2.05, 4.69) is 10.5 Å². The van der Waals surface area contributed by atoms with Gasteiger partial charge >= 0.3 is 5.91 Å². The highest BCUT2D eigenvalue weighted by Gasteiger charge is 2.14. The first-order valence-corrected chi connectivity index (χ1v) is 8.77. The summed E-state index contributed by atoms with van der Waals surface area (Å²) in [5, 5.41) is 15.3. The number of hydrogen-bond donors (Lipinski definition) is 1. The van der Waals surface area contributed by atoms with Crippen LogP contribution < -0.4 is 5.43 Å². The molecule has 1 aromatic heterocycles. The lowest BCUT2D eigenvalue weighted by Crippen LogP contribution is -2.16. The molecule has 0 aliphatic carbocycles. The maximum absolute atomic E-state index is 12.2. The molecular formula is C22H15N3O4. The number of nitro benzene ring substituents is 1. The van der Waals surface area contributed by atoms with E-state index in [1.165, 1.54) is 30.5 Å². The van der Waals surface area contributed by atoms with Crippen LogP contribution in [-0.2, 0) is 0 Å². The first kappa shape index (κ1) is 18.1. The van der Waals surface area contributed by atoms with Crippen molar-refractivity contribution >= 4 is 28.8 Å². The van der Waals surface area contributed by atoms with Crippen molar-refractivity contribution in [3.8, 4) is 11.1 Å². The number of nitrogens with zero attached hydrogens (tertiary/aromatic N) is 2. The molecule has 0 radical (unpaired) electrons. The summed E-state index contributed by atoms with van der Waals surface area (Å²) >= 11 is 0. The number of non-ortho nitro benzene ring substituents is 1. The highest BCUT2D eigenvalue weighted by Crippen LogP contribution is 2.24. The predicted molar refractivity (Wildman–Crippen MR) is 110 cm³/mol. The molecule has 1 heterocycles. The third-order valence-corrected chi connectivity index (χ3v) is 4.33. The number of amides is 1. The van der Waals surface area contributed by atoms with E-state index in [4.69, 9.17) is 4.42 Å². The summed E-state index contributed by atoms with van der Waals surface area (Å²) in [6, 6.07) is 23.3. The summed E-state index contributed by atoms with van der Waals surface area (Å²) in [6.45, 7) is 0. The van der Waals surface area contributed by atoms with Crippen LogP contribution in [0, 0.1) is 10.1 Å². The van der Waals surface area contributed by atoms with E-state index in [0.29, 0.717) is 11.0 Å². The van der Waals surface area contributed by atoms with Crippen molar-refractivity contribution in [2.24, 2.45) is 5.10 Å². The minimum Gasteiger partial charge on any atom is -0.451 e. The van der Waals surface area contributed by atoms with Gasteiger partial charge in [0.15, 0.2) is 5.76 Å². The molecule has 1 amide bonds. The van der Waals surface area contributed by atoms with Gasteiger partial charge in [0.2, 0.25) is 0 Å². The minimum atomic E-state index is -0.541. The van der Waals surface area contributed by atoms with Gasteiger partial charge in [0.1, 0.15) is 5.58 Å². The Morgan fingerprint density at radius 2 is 1.69 bits per heavy atom. The fourth-order valence-electron chi connectivity index (χ4n) is 2.87. The highest BCUT2D eigenvalue weighted by molar-refractivity contribution is 5.97. The molecular weight excluding hydrogens is 370 g/mol. The second-order valence-corrected chi connectivity index (χ2v) is 6.28. The molecule has 0 bridgehead atoms. The van der Waals surface area contributed by atoms with Crippen molar-refractivity contribution in [1.29, 1.82) is 0 Å². The second kappa shape index (κ2) is 7.77. The molecule has 0 aliphatic rings. The standard InChI is InChI=1S/C22H15N3O4/c26-22(21-13-18-12-19(25(27)28)10-11-20(18)29-21)24-23-14-15-6-8-17(9-7-15)16-4-2-1-3-5-16/h1-14H,(H,24,26)/b23-14-. The molecule has 7 heteroatoms. The van der Waals surface area contributed by atoms with Crippen LogP contribution in [0.4, 0.5) is 5.69 Å². The van der Waals surface area contributed by atoms with E-state index in [1.807, 2.05) is 54.6 Å². The van der Waals surface area contributed by atoms with Gasteiger partial charge in [0.25, 0.3) is 5.69 Å². The number of nitro groups is 1. The summed E-state index contributed by atoms with van der Waals surface area (Å²) < 4.78 is 5.42. The Balaban J connectivity index is 1.43. The van der Waals surface area contributed by atoms with Gasteiger partial charge in [-0.15, -0.1) is 0 Å². The van der Waals surface area contributed by atoms with Crippen LogP contribution >= 0.6 is 0 Å². The SMILES string of the molecule is O=C(N/N=C\c1ccc(-c2ccccc2)cc1)c1cc2cc([N+](=O)[O-])ccc2o1. The summed E-state index contributed by atoms with van der Waals surface area (Å²) in [4.78, 5) is 22.5. The number of furan rings is 1. The molecule has 7 nitrogen and oxygen atoms in total. The van der Waals surface area contributed by atoms with Gasteiger partial charge in [-0.1, -0.05) is 54.6 Å². The zero-order valence-electron chi connectivity index (χ0n) is 15.1. The molecule has 0 fully saturated rings. The van der Waals surface area contributed by atoms with Gasteiger partial charge < -0.3 is 4.42 Å². The highest BCUT2D eigenvalue weighted by atomic mass is 16.6. The van der Waals surface area contributed by atoms with Crippen molar-refractivity contribution in [3.63, 3.8) is 0 Å². The average molecular weight is 385 g/mol. The molecule has 0 atom stereocenters. The van der Waals surface area contributed by atoms with E-state index in [-0.39, 0.29) is 11.4 Å². The number of benzene rings is 3. The zero-order chi connectivity index (χ0) is 20.2. The molecule has 4 aromatic rings. The Bertz CT molecular complexity index is 1210. The lowest BCUT2D eigenvalue weighted by molar-refractivity contribution is -0.384. The van der Waals surface area contributed by atoms with Crippen molar-refractivity contribution in [1.82, 2.24) is 5.43 Å². The number of hydrazone groups is 1. The molecule has 4 rings (SSSR count). The molecule has 0 saturated heterocycles. The first-order chi connectivity index (χ1) is 14.1. The number of carbonyl (C=O) groups is 1. The molecule has 0 unspecified atom stereocenters. The normalized spacial score (nSPS) is 11.0. The number of carbonyl (C=O) groups excluding carboxylic acids is 1. The number of fused-ring (bicyclic) bond motifs is 1. The Hall–Kier alpha value is -4.26. The van der Waals surface area contributed by atoms with Crippen LogP contribution in [-0.4, -0.2) is 17.0 Å². The molecule has 142 valence electrons. The van der Waals surface area contributed by atoms with E-state index in [0.717, 1.165) is 16.7 Å². The second-order valence-electron chi connectivity index (χ2n) is 6.28. The van der Waals surface area contributed by atoms with Crippen molar-refractivity contribution in [2.75, 3.05) is 0 Å². The number of nitrogens with one attached hydrogen (secondary N) is 1. The van der Waals surface area contributed by atoms with E-state index >= 15 is 0 Å². The van der Waals surface area contributed by atoms with Crippen LogP contribution in [0.3, 0.4) is 0 Å². The smallest absolute Gasteiger partial charge is 0.307 e. The maximum Gasteiger partial charge on any atom is 0.307 e. The van der Waals surface area contributed by atoms with Gasteiger partial charge in [0, 0.05) is 17.5 Å². The van der Waals surface area contributed by atoms with E-state index < -0.39 is 10.8 Å². The Morgan fingerprint density at radius 1 is 0.966 bits per heavy atom. The van der Waals surface area contributed by atoms with Gasteiger partial charge in [-0.05, 0) is 28.8 Å². The van der Waals surface area contributed by atoms with Crippen LogP contribution in [0.1, 0.15) is 16.1 Å². The third-order valence-electron chi connectivity index (χ3n) is 4.33. The summed E-state index contributed by atoms with van der Waals surface area (Å²) in [5.41, 5.74) is 5.75. The average Bonchev–Trinajstić information content (AvgIpc) is 3.18. The van der Waals surface area contributed by atoms with E-state index in [9.17, 15) is 14.9 Å². The lowest BCUT2D eigenvalue weighted by atomic mass is 10.0. The molecule has 3 aromatic carbocycles. The largest absolute Gasteiger partial charge is 0.451 e. The van der Waals surface area contributed by atoms with Crippen LogP contribution in [0.5, 0.6) is 0 Å². The summed E-state index contributed by atoms with van der Waals surface area (Å²) in [6.07, 6.45) is 1.53. The van der Waals surface area contributed by atoms with Crippen LogP contribution in [0.15, 0.2) is 88.4 Å². The summed E-state index contributed by atoms with van der Waals surface area (Å²) in [7, 11) is 0. The molecule has 0 saturated carbocycles. The Kier molecular flexibility index (Phi) is 4.86. The Labute approximate surface area is 165 Å². The molecule has 29 heavy (non-hydrogen) atoms. The van der Waals surface area contributed by atoms with Gasteiger partial charge in [-0.2, -0.15) is 5.10 Å². The fourth-order valence-corrected chi connectivity index (χ4v) is 2.87.